The van der Waals surface area contributed by atoms with Gasteiger partial charge in [-0.05, 0) is 0 Å². The fourth-order valence-corrected chi connectivity index (χ4v) is 6.00. The van der Waals surface area contributed by atoms with Gasteiger partial charge < -0.3 is 0 Å². The van der Waals surface area contributed by atoms with Crippen LogP contribution in [0, 0.1) is 0 Å². The molecule has 1 heteroatoms. The van der Waals surface area contributed by atoms with E-state index in [4.69, 9.17) is 0 Å². The highest BCUT2D eigenvalue weighted by atomic mass is 28.3. The average Bonchev–Trinajstić information content (AvgIpc) is 1.59. The second kappa shape index (κ2) is 4.17. The van der Waals surface area contributed by atoms with E-state index in [9.17, 15) is 0 Å². The molecule has 0 N–H and O–H groups in total. The molecule has 0 bridgehead atoms. The molecule has 0 atom stereocenters. The SMILES string of the molecule is CC(C)[Si](C(C)C)C(C)C. The fourth-order valence-electron chi connectivity index (χ4n) is 2.00. The molecule has 0 spiro atoms. The maximum Gasteiger partial charge on any atom is 0.0561 e. The first-order valence-corrected chi connectivity index (χ1v) is 6.06. The third-order valence-corrected chi connectivity index (χ3v) is 6.00. The molecule has 0 amide bonds. The minimum absolute atomic E-state index is 0.0957. The van der Waals surface area contributed by atoms with E-state index in [0.717, 1.165) is 16.6 Å². The first kappa shape index (κ1) is 10.2. The van der Waals surface area contributed by atoms with Crippen molar-refractivity contribution in [3.8, 4) is 0 Å². The molecule has 0 aromatic heterocycles. The summed E-state index contributed by atoms with van der Waals surface area (Å²) in [5, 5.41) is 0. The molecule has 0 rings (SSSR count). The summed E-state index contributed by atoms with van der Waals surface area (Å²) in [5.41, 5.74) is 2.81. The van der Waals surface area contributed by atoms with Gasteiger partial charge in [0.05, 0.1) is 8.80 Å². The molecule has 0 nitrogen and oxygen atoms in total. The van der Waals surface area contributed by atoms with Crippen molar-refractivity contribution in [2.45, 2.75) is 58.2 Å². The second-order valence-corrected chi connectivity index (χ2v) is 8.43. The van der Waals surface area contributed by atoms with Crippen molar-refractivity contribution in [3.05, 3.63) is 0 Å². The lowest BCUT2D eigenvalue weighted by molar-refractivity contribution is 0.863. The van der Waals surface area contributed by atoms with Gasteiger partial charge in [0.25, 0.3) is 0 Å². The third kappa shape index (κ3) is 2.87. The Labute approximate surface area is 67.6 Å². The average molecular weight is 157 g/mol. The van der Waals surface area contributed by atoms with Crippen LogP contribution in [0.15, 0.2) is 0 Å². The molecule has 0 aliphatic carbocycles. The van der Waals surface area contributed by atoms with Crippen molar-refractivity contribution >= 4 is 8.80 Å². The van der Waals surface area contributed by atoms with Crippen molar-refractivity contribution in [2.24, 2.45) is 0 Å². The maximum atomic E-state index is 2.37. The summed E-state index contributed by atoms with van der Waals surface area (Å²) in [4.78, 5) is 0. The molecule has 1 radical (unpaired) electrons. The minimum atomic E-state index is -0.0957. The zero-order valence-electron chi connectivity index (χ0n) is 8.23. The Hall–Kier alpha value is 0.217. The van der Waals surface area contributed by atoms with Crippen LogP contribution >= 0.6 is 0 Å². The van der Waals surface area contributed by atoms with Gasteiger partial charge >= 0.3 is 0 Å². The largest absolute Gasteiger partial charge is 0.0653 e. The van der Waals surface area contributed by atoms with Crippen molar-refractivity contribution in [3.63, 3.8) is 0 Å². The summed E-state index contributed by atoms with van der Waals surface area (Å²) in [6.07, 6.45) is 0. The van der Waals surface area contributed by atoms with Crippen molar-refractivity contribution in [1.82, 2.24) is 0 Å². The predicted octanol–water partition coefficient (Wildman–Crippen LogP) is 3.71. The van der Waals surface area contributed by atoms with Crippen LogP contribution in [0.1, 0.15) is 41.5 Å². The summed E-state index contributed by atoms with van der Waals surface area (Å²) < 4.78 is 0. The van der Waals surface area contributed by atoms with Crippen LogP contribution in [0.3, 0.4) is 0 Å². The molecule has 10 heavy (non-hydrogen) atoms. The molecule has 0 heterocycles. The number of hydrogen-bond donors (Lipinski definition) is 0. The van der Waals surface area contributed by atoms with Gasteiger partial charge in [-0.2, -0.15) is 0 Å². The van der Waals surface area contributed by atoms with Gasteiger partial charge in [0.2, 0.25) is 0 Å². The summed E-state index contributed by atoms with van der Waals surface area (Å²) in [5.74, 6) is 0. The Balaban J connectivity index is 3.98. The highest BCUT2D eigenvalue weighted by Gasteiger charge is 2.22. The first-order valence-electron chi connectivity index (χ1n) is 4.33. The predicted molar refractivity (Wildman–Crippen MR) is 51.0 cm³/mol. The molecule has 61 valence electrons. The zero-order valence-corrected chi connectivity index (χ0v) is 9.23. The highest BCUT2D eigenvalue weighted by molar-refractivity contribution is 6.63. The lowest BCUT2D eigenvalue weighted by atomic mass is 10.5. The number of rotatable bonds is 3. The molecule has 0 aromatic carbocycles. The Bertz CT molecular complexity index is 65.7. The fraction of sp³-hybridized carbons (Fsp3) is 1.00. The van der Waals surface area contributed by atoms with Gasteiger partial charge in [-0.25, -0.2) is 0 Å². The molecule has 0 aromatic rings. The summed E-state index contributed by atoms with van der Waals surface area (Å²) in [7, 11) is -0.0957. The molecule has 0 aliphatic rings. The monoisotopic (exact) mass is 157 g/mol. The van der Waals surface area contributed by atoms with E-state index in [1.165, 1.54) is 0 Å². The van der Waals surface area contributed by atoms with Gasteiger partial charge in [0.15, 0.2) is 0 Å². The molecule has 0 fully saturated rings. The number of hydrogen-bond acceptors (Lipinski definition) is 0. The third-order valence-electron chi connectivity index (χ3n) is 2.00. The van der Waals surface area contributed by atoms with E-state index >= 15 is 0 Å². The van der Waals surface area contributed by atoms with Gasteiger partial charge in [-0.15, -0.1) is 0 Å². The molecular formula is C9H21Si. The zero-order chi connectivity index (χ0) is 8.31. The van der Waals surface area contributed by atoms with E-state index < -0.39 is 0 Å². The smallest absolute Gasteiger partial charge is 0.0561 e. The van der Waals surface area contributed by atoms with E-state index in [0.29, 0.717) is 0 Å². The maximum absolute atomic E-state index is 2.37. The summed E-state index contributed by atoms with van der Waals surface area (Å²) in [6.45, 7) is 14.2. The van der Waals surface area contributed by atoms with Gasteiger partial charge in [-0.1, -0.05) is 58.2 Å². The molecule has 0 saturated heterocycles. The van der Waals surface area contributed by atoms with Crippen LogP contribution in [0.4, 0.5) is 0 Å². The topological polar surface area (TPSA) is 0 Å². The standard InChI is InChI=1S/C9H21Si/c1-7(2)10(8(3)4)9(5)6/h7-9H,1-6H3. The Morgan fingerprint density at radius 3 is 0.800 bits per heavy atom. The Morgan fingerprint density at radius 2 is 0.800 bits per heavy atom. The van der Waals surface area contributed by atoms with E-state index in [1.807, 2.05) is 0 Å². The molecular weight excluding hydrogens is 136 g/mol. The molecule has 0 aliphatic heterocycles. The summed E-state index contributed by atoms with van der Waals surface area (Å²) in [6, 6.07) is 0. The lowest BCUT2D eigenvalue weighted by Crippen LogP contribution is -2.24. The van der Waals surface area contributed by atoms with Gasteiger partial charge in [0.1, 0.15) is 0 Å². The van der Waals surface area contributed by atoms with E-state index in [1.54, 1.807) is 0 Å². The van der Waals surface area contributed by atoms with Crippen LogP contribution < -0.4 is 0 Å². The Kier molecular flexibility index (Phi) is 4.26. The van der Waals surface area contributed by atoms with E-state index in [-0.39, 0.29) is 8.80 Å². The highest BCUT2D eigenvalue weighted by Crippen LogP contribution is 2.28. The van der Waals surface area contributed by atoms with Crippen molar-refractivity contribution in [1.29, 1.82) is 0 Å². The molecule has 0 saturated carbocycles. The van der Waals surface area contributed by atoms with Crippen molar-refractivity contribution < 1.29 is 0 Å². The van der Waals surface area contributed by atoms with Gasteiger partial charge in [0, 0.05) is 0 Å². The van der Waals surface area contributed by atoms with Crippen LogP contribution in [-0.4, -0.2) is 8.80 Å². The lowest BCUT2D eigenvalue weighted by Gasteiger charge is -2.26. The molecule has 0 unspecified atom stereocenters. The normalized spacial score (nSPS) is 12.6. The van der Waals surface area contributed by atoms with Gasteiger partial charge in [-0.3, -0.25) is 0 Å². The minimum Gasteiger partial charge on any atom is -0.0653 e. The van der Waals surface area contributed by atoms with Crippen LogP contribution in [-0.2, 0) is 0 Å². The van der Waals surface area contributed by atoms with Crippen LogP contribution in [0.2, 0.25) is 16.6 Å². The Morgan fingerprint density at radius 1 is 0.600 bits per heavy atom. The summed E-state index contributed by atoms with van der Waals surface area (Å²) >= 11 is 0. The van der Waals surface area contributed by atoms with Crippen LogP contribution in [0.25, 0.3) is 0 Å². The quantitative estimate of drug-likeness (QED) is 0.548. The van der Waals surface area contributed by atoms with Crippen LogP contribution in [0.5, 0.6) is 0 Å². The van der Waals surface area contributed by atoms with E-state index in [2.05, 4.69) is 41.5 Å². The van der Waals surface area contributed by atoms with Crippen molar-refractivity contribution in [2.75, 3.05) is 0 Å². The second-order valence-electron chi connectivity index (χ2n) is 3.96. The first-order chi connectivity index (χ1) is 4.46.